The molecule has 0 saturated carbocycles. The number of rotatable bonds is 7. The fourth-order valence-electron chi connectivity index (χ4n) is 1.93. The Morgan fingerprint density at radius 3 is 2.43 bits per heavy atom. The molecule has 1 rings (SSSR count). The van der Waals surface area contributed by atoms with Gasteiger partial charge < -0.3 is 4.90 Å². The molecule has 1 aromatic heterocycles. The normalized spacial score (nSPS) is 9.71. The highest BCUT2D eigenvalue weighted by atomic mass is 35.5. The van der Waals surface area contributed by atoms with Crippen LogP contribution < -0.4 is 0 Å². The van der Waals surface area contributed by atoms with Gasteiger partial charge in [-0.25, -0.2) is 4.98 Å². The fraction of sp³-hybridized carbons (Fsp3) is 0.467. The van der Waals surface area contributed by atoms with Gasteiger partial charge in [0.25, 0.3) is 5.91 Å². The second kappa shape index (κ2) is 8.94. The molecule has 5 nitrogen and oxygen atoms in total. The Kier molecular flexibility index (Phi) is 7.21. The van der Waals surface area contributed by atoms with E-state index >= 15 is 0 Å². The molecule has 0 aliphatic rings. The molecule has 1 aromatic rings. The number of aromatic nitrogens is 1. The zero-order chi connectivity index (χ0) is 15.7. The summed E-state index contributed by atoms with van der Waals surface area (Å²) in [6.45, 7) is 2.64. The highest BCUT2D eigenvalue weighted by Gasteiger charge is 2.17. The van der Waals surface area contributed by atoms with Crippen LogP contribution in [0.2, 0.25) is 5.15 Å². The minimum Gasteiger partial charge on any atom is -0.337 e. The number of hydrogen-bond acceptors (Lipinski definition) is 4. The summed E-state index contributed by atoms with van der Waals surface area (Å²) in [5.74, 6) is -0.220. The molecule has 6 heteroatoms. The molecule has 0 spiro atoms. The van der Waals surface area contributed by atoms with Crippen molar-refractivity contribution in [3.8, 4) is 12.1 Å². The number of pyridine rings is 1. The summed E-state index contributed by atoms with van der Waals surface area (Å²) >= 11 is 5.96. The minimum absolute atomic E-state index is 0.220. The zero-order valence-corrected chi connectivity index (χ0v) is 12.7. The molecule has 0 radical (unpaired) electrons. The van der Waals surface area contributed by atoms with E-state index in [1.54, 1.807) is 6.07 Å². The van der Waals surface area contributed by atoms with Gasteiger partial charge in [0.1, 0.15) is 5.15 Å². The van der Waals surface area contributed by atoms with Crippen LogP contribution in [0.5, 0.6) is 0 Å². The molecule has 0 fully saturated rings. The van der Waals surface area contributed by atoms with Crippen LogP contribution in [-0.4, -0.2) is 28.9 Å². The summed E-state index contributed by atoms with van der Waals surface area (Å²) in [5.41, 5.74) is 1.23. The maximum Gasteiger partial charge on any atom is 0.254 e. The molecule has 1 amide bonds. The number of nitriles is 2. The Morgan fingerprint density at radius 1 is 1.29 bits per heavy atom. The molecule has 0 unspecified atom stereocenters. The van der Waals surface area contributed by atoms with E-state index in [9.17, 15) is 4.79 Å². The van der Waals surface area contributed by atoms with Gasteiger partial charge in [0.05, 0.1) is 25.0 Å². The topological polar surface area (TPSA) is 80.8 Å². The van der Waals surface area contributed by atoms with Crippen molar-refractivity contribution in [2.24, 2.45) is 0 Å². The first-order chi connectivity index (χ1) is 10.1. The van der Waals surface area contributed by atoms with Crippen molar-refractivity contribution in [3.63, 3.8) is 0 Å². The summed E-state index contributed by atoms with van der Waals surface area (Å²) in [5, 5.41) is 17.6. The molecule has 0 atom stereocenters. The summed E-state index contributed by atoms with van der Waals surface area (Å²) in [7, 11) is 0. The van der Waals surface area contributed by atoms with Crippen molar-refractivity contribution in [2.75, 3.05) is 13.1 Å². The van der Waals surface area contributed by atoms with Crippen molar-refractivity contribution in [2.45, 2.75) is 32.6 Å². The average molecular weight is 305 g/mol. The summed E-state index contributed by atoms with van der Waals surface area (Å²) in [6, 6.07) is 7.27. The molecule has 0 aromatic carbocycles. The van der Waals surface area contributed by atoms with Crippen molar-refractivity contribution in [1.82, 2.24) is 9.88 Å². The number of aryl methyl sites for hydroxylation is 1. The standard InChI is InChI=1S/C15H17ClN4O/c1-2-5-13-10-12(11-14(16)19-13)15(21)20(8-3-6-17)9-4-7-18/h10-11H,2-5,8-9H2,1H3. The predicted molar refractivity (Wildman–Crippen MR) is 79.6 cm³/mol. The lowest BCUT2D eigenvalue weighted by atomic mass is 10.1. The second-order valence-electron chi connectivity index (χ2n) is 4.53. The Balaban J connectivity index is 2.96. The van der Waals surface area contributed by atoms with Crippen molar-refractivity contribution in [1.29, 1.82) is 10.5 Å². The van der Waals surface area contributed by atoms with Crippen molar-refractivity contribution in [3.05, 3.63) is 28.5 Å². The molecule has 0 aliphatic carbocycles. The summed E-state index contributed by atoms with van der Waals surface area (Å²) < 4.78 is 0. The third-order valence-corrected chi connectivity index (χ3v) is 3.07. The maximum absolute atomic E-state index is 12.5. The van der Waals surface area contributed by atoms with Crippen LogP contribution in [0.4, 0.5) is 0 Å². The van der Waals surface area contributed by atoms with Gasteiger partial charge in [-0.05, 0) is 18.6 Å². The van der Waals surface area contributed by atoms with Gasteiger partial charge in [0, 0.05) is 24.3 Å². The van der Waals surface area contributed by atoms with Crippen LogP contribution >= 0.6 is 11.6 Å². The molecular weight excluding hydrogens is 288 g/mol. The highest BCUT2D eigenvalue weighted by molar-refractivity contribution is 6.29. The Hall–Kier alpha value is -2.11. The van der Waals surface area contributed by atoms with E-state index in [2.05, 4.69) is 4.98 Å². The SMILES string of the molecule is CCCc1cc(C(=O)N(CCC#N)CCC#N)cc(Cl)n1. The summed E-state index contributed by atoms with van der Waals surface area (Å²) in [4.78, 5) is 18.2. The van der Waals surface area contributed by atoms with Crippen LogP contribution in [-0.2, 0) is 6.42 Å². The lowest BCUT2D eigenvalue weighted by Gasteiger charge is -2.20. The van der Waals surface area contributed by atoms with E-state index in [-0.39, 0.29) is 23.9 Å². The second-order valence-corrected chi connectivity index (χ2v) is 4.92. The van der Waals surface area contributed by atoms with Gasteiger partial charge in [-0.3, -0.25) is 4.79 Å². The van der Waals surface area contributed by atoms with Crippen LogP contribution in [0.3, 0.4) is 0 Å². The average Bonchev–Trinajstić information content (AvgIpc) is 2.46. The van der Waals surface area contributed by atoms with Crippen LogP contribution in [0.25, 0.3) is 0 Å². The van der Waals surface area contributed by atoms with Gasteiger partial charge in [-0.15, -0.1) is 0 Å². The van der Waals surface area contributed by atoms with E-state index in [1.807, 2.05) is 19.1 Å². The van der Waals surface area contributed by atoms with Crippen LogP contribution in [0, 0.1) is 22.7 Å². The Morgan fingerprint density at radius 2 is 1.90 bits per heavy atom. The molecule has 0 N–H and O–H groups in total. The summed E-state index contributed by atoms with van der Waals surface area (Å²) in [6.07, 6.45) is 2.13. The fourth-order valence-corrected chi connectivity index (χ4v) is 2.15. The van der Waals surface area contributed by atoms with Gasteiger partial charge in [-0.1, -0.05) is 24.9 Å². The monoisotopic (exact) mass is 304 g/mol. The molecule has 0 saturated heterocycles. The van der Waals surface area contributed by atoms with Gasteiger partial charge in [-0.2, -0.15) is 10.5 Å². The Bertz CT molecular complexity index is 556. The number of carbonyl (C=O) groups is 1. The van der Waals surface area contributed by atoms with Gasteiger partial charge in [0.15, 0.2) is 0 Å². The lowest BCUT2D eigenvalue weighted by molar-refractivity contribution is 0.0762. The molecule has 1 heterocycles. The van der Waals surface area contributed by atoms with Crippen molar-refractivity contribution < 1.29 is 4.79 Å². The number of hydrogen-bond donors (Lipinski definition) is 0. The minimum atomic E-state index is -0.220. The Labute approximate surface area is 129 Å². The first kappa shape index (κ1) is 16.9. The molecule has 110 valence electrons. The number of amides is 1. The van der Waals surface area contributed by atoms with Crippen LogP contribution in [0.15, 0.2) is 12.1 Å². The van der Waals surface area contributed by atoms with Gasteiger partial charge in [0.2, 0.25) is 0 Å². The van der Waals surface area contributed by atoms with E-state index in [0.717, 1.165) is 18.5 Å². The molecule has 21 heavy (non-hydrogen) atoms. The third-order valence-electron chi connectivity index (χ3n) is 2.87. The van der Waals surface area contributed by atoms with Gasteiger partial charge >= 0.3 is 0 Å². The predicted octanol–water partition coefficient (Wildman–Crippen LogP) is 2.96. The third kappa shape index (κ3) is 5.41. The van der Waals surface area contributed by atoms with E-state index in [1.165, 1.54) is 11.0 Å². The smallest absolute Gasteiger partial charge is 0.254 e. The molecule has 0 bridgehead atoms. The first-order valence-electron chi connectivity index (χ1n) is 6.82. The highest BCUT2D eigenvalue weighted by Crippen LogP contribution is 2.15. The van der Waals surface area contributed by atoms with Crippen LogP contribution in [0.1, 0.15) is 42.2 Å². The molecule has 0 aliphatic heterocycles. The number of nitrogens with zero attached hydrogens (tertiary/aromatic N) is 4. The number of carbonyl (C=O) groups excluding carboxylic acids is 1. The van der Waals surface area contributed by atoms with E-state index in [4.69, 9.17) is 22.1 Å². The largest absolute Gasteiger partial charge is 0.337 e. The first-order valence-corrected chi connectivity index (χ1v) is 7.19. The maximum atomic E-state index is 12.5. The van der Waals surface area contributed by atoms with E-state index in [0.29, 0.717) is 18.7 Å². The lowest BCUT2D eigenvalue weighted by Crippen LogP contribution is -2.32. The number of halogens is 1. The van der Waals surface area contributed by atoms with E-state index < -0.39 is 0 Å². The molecular formula is C15H17ClN4O. The quantitative estimate of drug-likeness (QED) is 0.725. The van der Waals surface area contributed by atoms with Crippen molar-refractivity contribution >= 4 is 17.5 Å². The zero-order valence-electron chi connectivity index (χ0n) is 12.0.